The Morgan fingerprint density at radius 3 is 2.50 bits per heavy atom. The highest BCUT2D eigenvalue weighted by molar-refractivity contribution is 5.39. The molecule has 1 aromatic heterocycles. The second-order valence-electron chi connectivity index (χ2n) is 4.25. The van der Waals surface area contributed by atoms with Crippen LogP contribution in [0.4, 0.5) is 5.95 Å². The Kier molecular flexibility index (Phi) is 3.54. The molecule has 7 nitrogen and oxygen atoms in total. The summed E-state index contributed by atoms with van der Waals surface area (Å²) >= 11 is 0. The minimum absolute atomic E-state index is 0.231. The fraction of sp³-hybridized carbons (Fsp3) is 0.364. The maximum atomic E-state index is 9.25. The van der Waals surface area contributed by atoms with Crippen molar-refractivity contribution in [2.24, 2.45) is 0 Å². The van der Waals surface area contributed by atoms with E-state index in [1.165, 1.54) is 4.68 Å². The number of aliphatic hydroxyl groups excluding tert-OH is 2. The van der Waals surface area contributed by atoms with E-state index in [-0.39, 0.29) is 13.2 Å². The number of para-hydroxylation sites is 1. The van der Waals surface area contributed by atoms with Crippen LogP contribution in [0.25, 0.3) is 5.69 Å². The van der Waals surface area contributed by atoms with Gasteiger partial charge in [0.2, 0.25) is 5.95 Å². The lowest BCUT2D eigenvalue weighted by Gasteiger charge is -2.26. The first kappa shape index (κ1) is 12.5. The predicted molar refractivity (Wildman–Crippen MR) is 65.4 cm³/mol. The van der Waals surface area contributed by atoms with Gasteiger partial charge in [0.1, 0.15) is 0 Å². The summed E-state index contributed by atoms with van der Waals surface area (Å²) in [5.74, 6) is 0.367. The molecule has 0 fully saturated rings. The number of hydrogen-bond donors (Lipinski definition) is 3. The number of rotatable bonds is 5. The molecule has 0 saturated carbocycles. The molecule has 0 spiro atoms. The number of hydrogen-bond acceptors (Lipinski definition) is 6. The largest absolute Gasteiger partial charge is 0.394 e. The Morgan fingerprint density at radius 2 is 1.89 bits per heavy atom. The van der Waals surface area contributed by atoms with Crippen molar-refractivity contribution in [2.45, 2.75) is 12.5 Å². The Morgan fingerprint density at radius 1 is 1.22 bits per heavy atom. The summed E-state index contributed by atoms with van der Waals surface area (Å²) in [5, 5.41) is 32.7. The molecule has 0 amide bonds. The van der Waals surface area contributed by atoms with Crippen LogP contribution in [0.2, 0.25) is 0 Å². The van der Waals surface area contributed by atoms with Crippen LogP contribution in [-0.2, 0) is 0 Å². The highest BCUT2D eigenvalue weighted by Gasteiger charge is 2.24. The lowest BCUT2D eigenvalue weighted by atomic mass is 10.1. The van der Waals surface area contributed by atoms with Crippen molar-refractivity contribution in [2.75, 3.05) is 18.5 Å². The third-order valence-corrected chi connectivity index (χ3v) is 2.58. The molecular weight excluding hydrogens is 234 g/mol. The summed E-state index contributed by atoms with van der Waals surface area (Å²) in [6, 6.07) is 9.36. The van der Waals surface area contributed by atoms with Gasteiger partial charge >= 0.3 is 0 Å². The Bertz CT molecular complexity index is 495. The fourth-order valence-corrected chi connectivity index (χ4v) is 1.41. The monoisotopic (exact) mass is 249 g/mol. The Hall–Kier alpha value is -1.99. The first-order chi connectivity index (χ1) is 8.68. The van der Waals surface area contributed by atoms with Gasteiger partial charge in [0.15, 0.2) is 0 Å². The van der Waals surface area contributed by atoms with Gasteiger partial charge in [-0.25, -0.2) is 0 Å². The zero-order valence-electron chi connectivity index (χ0n) is 9.98. The van der Waals surface area contributed by atoms with Gasteiger partial charge in [-0.2, -0.15) is 4.68 Å². The summed E-state index contributed by atoms with van der Waals surface area (Å²) in [5.41, 5.74) is -0.0791. The van der Waals surface area contributed by atoms with Gasteiger partial charge in [-0.1, -0.05) is 23.3 Å². The lowest BCUT2D eigenvalue weighted by molar-refractivity contribution is 0.147. The molecule has 0 radical (unpaired) electrons. The van der Waals surface area contributed by atoms with Gasteiger partial charge in [-0.15, -0.1) is 0 Å². The predicted octanol–water partition coefficient (Wildman–Crippen LogP) is -0.183. The fourth-order valence-electron chi connectivity index (χ4n) is 1.41. The average molecular weight is 249 g/mol. The van der Waals surface area contributed by atoms with E-state index in [1.807, 2.05) is 30.3 Å². The quantitative estimate of drug-likeness (QED) is 0.680. The van der Waals surface area contributed by atoms with Crippen LogP contribution in [0.5, 0.6) is 0 Å². The molecule has 0 unspecified atom stereocenters. The van der Waals surface area contributed by atoms with Crippen LogP contribution in [0.1, 0.15) is 6.92 Å². The topological polar surface area (TPSA) is 96.1 Å². The van der Waals surface area contributed by atoms with Crippen molar-refractivity contribution in [3.63, 3.8) is 0 Å². The summed E-state index contributed by atoms with van der Waals surface area (Å²) in [6.07, 6.45) is 0. The second-order valence-corrected chi connectivity index (χ2v) is 4.25. The second kappa shape index (κ2) is 5.11. The van der Waals surface area contributed by atoms with Crippen LogP contribution in [-0.4, -0.2) is 49.2 Å². The van der Waals surface area contributed by atoms with Crippen molar-refractivity contribution in [1.29, 1.82) is 0 Å². The first-order valence-electron chi connectivity index (χ1n) is 5.52. The van der Waals surface area contributed by atoms with E-state index in [0.717, 1.165) is 5.69 Å². The lowest BCUT2D eigenvalue weighted by Crippen LogP contribution is -2.43. The Labute approximate surface area is 104 Å². The number of nitrogens with one attached hydrogen (secondary N) is 1. The van der Waals surface area contributed by atoms with Crippen LogP contribution < -0.4 is 5.32 Å². The van der Waals surface area contributed by atoms with Gasteiger partial charge in [-0.3, -0.25) is 0 Å². The zero-order valence-corrected chi connectivity index (χ0v) is 9.98. The maximum Gasteiger partial charge on any atom is 0.248 e. The molecule has 18 heavy (non-hydrogen) atoms. The third-order valence-electron chi connectivity index (χ3n) is 2.58. The van der Waals surface area contributed by atoms with Gasteiger partial charge in [0, 0.05) is 0 Å². The van der Waals surface area contributed by atoms with Crippen molar-refractivity contribution < 1.29 is 10.2 Å². The molecule has 0 aliphatic rings. The standard InChI is InChI=1S/C11H15N5O2/c1-11(7-17,8-18)12-10-13-14-15-16(10)9-5-3-2-4-6-9/h2-6,17-18H,7-8H2,1H3,(H,12,13,15). The molecular formula is C11H15N5O2. The number of aliphatic hydroxyl groups is 2. The van der Waals surface area contributed by atoms with Crippen LogP contribution >= 0.6 is 0 Å². The average Bonchev–Trinajstić information content (AvgIpc) is 2.87. The molecule has 0 saturated heterocycles. The summed E-state index contributed by atoms with van der Waals surface area (Å²) in [7, 11) is 0. The van der Waals surface area contributed by atoms with Gasteiger partial charge in [0.05, 0.1) is 24.4 Å². The molecule has 2 aromatic rings. The molecule has 1 aromatic carbocycles. The van der Waals surface area contributed by atoms with E-state index in [1.54, 1.807) is 6.92 Å². The highest BCUT2D eigenvalue weighted by Crippen LogP contribution is 2.15. The molecule has 7 heteroatoms. The number of aromatic nitrogens is 4. The smallest absolute Gasteiger partial charge is 0.248 e. The number of nitrogens with zero attached hydrogens (tertiary/aromatic N) is 4. The summed E-state index contributed by atoms with van der Waals surface area (Å²) in [6.45, 7) is 1.22. The third kappa shape index (κ3) is 2.47. The minimum atomic E-state index is -0.874. The van der Waals surface area contributed by atoms with E-state index in [4.69, 9.17) is 0 Å². The van der Waals surface area contributed by atoms with E-state index < -0.39 is 5.54 Å². The van der Waals surface area contributed by atoms with Gasteiger partial charge < -0.3 is 15.5 Å². The highest BCUT2D eigenvalue weighted by atomic mass is 16.3. The normalized spacial score (nSPS) is 11.5. The van der Waals surface area contributed by atoms with Gasteiger partial charge in [-0.05, 0) is 29.5 Å². The van der Waals surface area contributed by atoms with Gasteiger partial charge in [0.25, 0.3) is 0 Å². The van der Waals surface area contributed by atoms with Crippen molar-refractivity contribution in [3.05, 3.63) is 30.3 Å². The van der Waals surface area contributed by atoms with E-state index in [0.29, 0.717) is 5.95 Å². The summed E-state index contributed by atoms with van der Waals surface area (Å²) in [4.78, 5) is 0. The minimum Gasteiger partial charge on any atom is -0.394 e. The molecule has 96 valence electrons. The molecule has 0 aliphatic heterocycles. The van der Waals surface area contributed by atoms with Crippen molar-refractivity contribution in [3.8, 4) is 5.69 Å². The SMILES string of the molecule is CC(CO)(CO)Nc1nnnn1-c1ccccc1. The zero-order chi connectivity index (χ0) is 13.0. The van der Waals surface area contributed by atoms with Crippen molar-refractivity contribution in [1.82, 2.24) is 20.2 Å². The van der Waals surface area contributed by atoms with E-state index >= 15 is 0 Å². The number of benzene rings is 1. The Balaban J connectivity index is 2.29. The van der Waals surface area contributed by atoms with Crippen LogP contribution in [0, 0.1) is 0 Å². The number of anilines is 1. The van der Waals surface area contributed by atoms with E-state index in [2.05, 4.69) is 20.8 Å². The van der Waals surface area contributed by atoms with E-state index in [9.17, 15) is 10.2 Å². The van der Waals surface area contributed by atoms with Crippen molar-refractivity contribution >= 4 is 5.95 Å². The molecule has 0 aliphatic carbocycles. The van der Waals surface area contributed by atoms with Crippen LogP contribution in [0.15, 0.2) is 30.3 Å². The number of tetrazole rings is 1. The maximum absolute atomic E-state index is 9.25. The van der Waals surface area contributed by atoms with Crippen LogP contribution in [0.3, 0.4) is 0 Å². The summed E-state index contributed by atoms with van der Waals surface area (Å²) < 4.78 is 1.50. The molecule has 3 N–H and O–H groups in total. The molecule has 0 atom stereocenters. The first-order valence-corrected chi connectivity index (χ1v) is 5.52. The molecule has 1 heterocycles. The molecule has 0 bridgehead atoms. The molecule has 2 rings (SSSR count).